The third kappa shape index (κ3) is 2.99. The van der Waals surface area contributed by atoms with E-state index >= 15 is 0 Å². The zero-order chi connectivity index (χ0) is 18.1. The molecule has 0 aliphatic carbocycles. The number of anilines is 1. The van der Waals surface area contributed by atoms with Crippen molar-refractivity contribution in [1.29, 1.82) is 0 Å². The Kier molecular flexibility index (Phi) is 4.05. The number of fused-ring (bicyclic) bond motifs is 1. The second-order valence-corrected chi connectivity index (χ2v) is 6.27. The number of hydrogen-bond acceptors (Lipinski definition) is 4. The van der Waals surface area contributed by atoms with Crippen LogP contribution in [0.5, 0.6) is 0 Å². The van der Waals surface area contributed by atoms with E-state index in [0.29, 0.717) is 5.65 Å². The van der Waals surface area contributed by atoms with Crippen LogP contribution in [0.3, 0.4) is 0 Å². The van der Waals surface area contributed by atoms with Crippen molar-refractivity contribution in [2.75, 3.05) is 19.0 Å². The first-order chi connectivity index (χ1) is 12.6. The van der Waals surface area contributed by atoms with Gasteiger partial charge in [-0.2, -0.15) is 0 Å². The van der Waals surface area contributed by atoms with E-state index in [1.54, 1.807) is 12.3 Å². The zero-order valence-electron chi connectivity index (χ0n) is 14.5. The molecule has 0 unspecified atom stereocenters. The number of hydrogen-bond donors (Lipinski definition) is 0. The van der Waals surface area contributed by atoms with Crippen molar-refractivity contribution >= 4 is 16.7 Å². The average Bonchev–Trinajstić information content (AvgIpc) is 2.67. The molecular weight excluding hydrogens is 327 g/mol. The van der Waals surface area contributed by atoms with Crippen LogP contribution in [0.15, 0.2) is 67.1 Å². The van der Waals surface area contributed by atoms with Crippen molar-refractivity contribution in [3.63, 3.8) is 0 Å². The Bertz CT molecular complexity index is 1070. The van der Waals surface area contributed by atoms with E-state index in [0.717, 1.165) is 33.5 Å². The van der Waals surface area contributed by atoms with Gasteiger partial charge < -0.3 is 4.90 Å². The lowest BCUT2D eigenvalue weighted by molar-refractivity contribution is 0.628. The van der Waals surface area contributed by atoms with Gasteiger partial charge in [0.2, 0.25) is 0 Å². The zero-order valence-corrected chi connectivity index (χ0v) is 14.5. The lowest BCUT2D eigenvalue weighted by Crippen LogP contribution is -2.07. The first-order valence-corrected chi connectivity index (χ1v) is 8.26. The topological polar surface area (TPSA) is 41.9 Å². The average molecular weight is 344 g/mol. The minimum atomic E-state index is -0.277. The maximum Gasteiger partial charge on any atom is 0.163 e. The predicted octanol–water partition coefficient (Wildman–Crippen LogP) is 4.56. The molecule has 0 saturated heterocycles. The Morgan fingerprint density at radius 2 is 1.73 bits per heavy atom. The molecule has 0 amide bonds. The summed E-state index contributed by atoms with van der Waals surface area (Å²) in [7, 11) is 4.00. The minimum Gasteiger partial charge on any atom is -0.378 e. The minimum absolute atomic E-state index is 0.277. The summed E-state index contributed by atoms with van der Waals surface area (Å²) in [4.78, 5) is 15.1. The number of aromatic nitrogens is 3. The summed E-state index contributed by atoms with van der Waals surface area (Å²) < 4.78 is 13.7. The Morgan fingerprint density at radius 3 is 2.46 bits per heavy atom. The van der Waals surface area contributed by atoms with E-state index in [1.165, 1.54) is 18.5 Å². The first-order valence-electron chi connectivity index (χ1n) is 8.26. The monoisotopic (exact) mass is 344 g/mol. The van der Waals surface area contributed by atoms with Crippen LogP contribution in [-0.4, -0.2) is 29.0 Å². The number of rotatable bonds is 3. The highest BCUT2D eigenvalue weighted by molar-refractivity contribution is 5.94. The number of nitrogens with zero attached hydrogens (tertiary/aromatic N) is 4. The normalized spacial score (nSPS) is 10.9. The number of pyridine rings is 1. The van der Waals surface area contributed by atoms with E-state index in [1.807, 2.05) is 55.4 Å². The van der Waals surface area contributed by atoms with Gasteiger partial charge in [0.15, 0.2) is 5.65 Å². The molecule has 0 fully saturated rings. The van der Waals surface area contributed by atoms with Crippen LogP contribution in [0.2, 0.25) is 0 Å². The van der Waals surface area contributed by atoms with Gasteiger partial charge in [-0.1, -0.05) is 24.3 Å². The van der Waals surface area contributed by atoms with Crippen molar-refractivity contribution in [2.24, 2.45) is 0 Å². The molecule has 4 rings (SSSR count). The van der Waals surface area contributed by atoms with Gasteiger partial charge >= 0.3 is 0 Å². The van der Waals surface area contributed by atoms with Gasteiger partial charge in [0.05, 0.1) is 5.69 Å². The Hall–Kier alpha value is -3.34. The van der Waals surface area contributed by atoms with Crippen molar-refractivity contribution in [3.05, 3.63) is 72.9 Å². The molecular formula is C21H17FN4. The molecule has 0 N–H and O–H groups in total. The van der Waals surface area contributed by atoms with E-state index in [-0.39, 0.29) is 5.82 Å². The maximum atomic E-state index is 13.7. The van der Waals surface area contributed by atoms with Crippen LogP contribution in [0.25, 0.3) is 33.4 Å². The van der Waals surface area contributed by atoms with Gasteiger partial charge in [-0.3, -0.25) is 0 Å². The molecule has 0 spiro atoms. The highest BCUT2D eigenvalue weighted by atomic mass is 19.1. The Morgan fingerprint density at radius 1 is 0.923 bits per heavy atom. The van der Waals surface area contributed by atoms with Gasteiger partial charge in [0.1, 0.15) is 12.1 Å². The van der Waals surface area contributed by atoms with Crippen LogP contribution in [-0.2, 0) is 0 Å². The number of benzene rings is 2. The van der Waals surface area contributed by atoms with Crippen LogP contribution >= 0.6 is 0 Å². The molecule has 0 bridgehead atoms. The second kappa shape index (κ2) is 6.52. The summed E-state index contributed by atoms with van der Waals surface area (Å²) in [6.07, 6.45) is 3.19. The third-order valence-corrected chi connectivity index (χ3v) is 4.30. The van der Waals surface area contributed by atoms with Gasteiger partial charge in [-0.25, -0.2) is 19.3 Å². The molecule has 0 saturated carbocycles. The molecule has 4 nitrogen and oxygen atoms in total. The molecule has 26 heavy (non-hydrogen) atoms. The molecule has 5 heteroatoms. The molecule has 0 radical (unpaired) electrons. The van der Waals surface area contributed by atoms with E-state index in [4.69, 9.17) is 0 Å². The Balaban J connectivity index is 1.91. The van der Waals surface area contributed by atoms with Crippen LogP contribution in [0.4, 0.5) is 10.1 Å². The molecule has 2 heterocycles. The molecule has 2 aromatic carbocycles. The van der Waals surface area contributed by atoms with Crippen LogP contribution in [0.1, 0.15) is 0 Å². The highest BCUT2D eigenvalue weighted by Gasteiger charge is 2.11. The largest absolute Gasteiger partial charge is 0.378 e. The third-order valence-electron chi connectivity index (χ3n) is 4.30. The fourth-order valence-corrected chi connectivity index (χ4v) is 2.94. The SMILES string of the molecule is CN(C)c1ccc(-c2cc(-c3cccc(F)c3)c3cncnc3n2)cc1. The molecule has 2 aromatic heterocycles. The van der Waals surface area contributed by atoms with Crippen molar-refractivity contribution < 1.29 is 4.39 Å². The fourth-order valence-electron chi connectivity index (χ4n) is 2.94. The second-order valence-electron chi connectivity index (χ2n) is 6.27. The van der Waals surface area contributed by atoms with Crippen LogP contribution in [0, 0.1) is 5.82 Å². The summed E-state index contributed by atoms with van der Waals surface area (Å²) >= 11 is 0. The predicted molar refractivity (Wildman–Crippen MR) is 102 cm³/mol. The molecule has 128 valence electrons. The number of halogens is 1. The highest BCUT2D eigenvalue weighted by Crippen LogP contribution is 2.31. The van der Waals surface area contributed by atoms with E-state index < -0.39 is 0 Å². The van der Waals surface area contributed by atoms with Gasteiger partial charge in [0, 0.05) is 36.9 Å². The summed E-state index contributed by atoms with van der Waals surface area (Å²) in [6, 6.07) is 16.6. The van der Waals surface area contributed by atoms with E-state index in [2.05, 4.69) is 15.0 Å². The van der Waals surface area contributed by atoms with Gasteiger partial charge in [-0.05, 0) is 41.5 Å². The lowest BCUT2D eigenvalue weighted by atomic mass is 10.00. The smallest absolute Gasteiger partial charge is 0.163 e. The van der Waals surface area contributed by atoms with E-state index in [9.17, 15) is 4.39 Å². The standard InChI is InChI=1S/C21H17FN4/c1-26(2)17-8-6-14(7-9-17)20-11-18(15-4-3-5-16(22)10-15)19-12-23-13-24-21(19)25-20/h3-13H,1-2H3. The lowest BCUT2D eigenvalue weighted by Gasteiger charge is -2.13. The van der Waals surface area contributed by atoms with Gasteiger partial charge in [0.25, 0.3) is 0 Å². The summed E-state index contributed by atoms with van der Waals surface area (Å²) in [5.74, 6) is -0.277. The quantitative estimate of drug-likeness (QED) is 0.546. The molecule has 0 aliphatic rings. The Labute approximate surface area is 151 Å². The summed E-state index contributed by atoms with van der Waals surface area (Å²) in [6.45, 7) is 0. The fraction of sp³-hybridized carbons (Fsp3) is 0.0952. The van der Waals surface area contributed by atoms with Gasteiger partial charge in [-0.15, -0.1) is 0 Å². The summed E-state index contributed by atoms with van der Waals surface area (Å²) in [5.41, 5.74) is 5.12. The first kappa shape index (κ1) is 16.1. The maximum absolute atomic E-state index is 13.7. The van der Waals surface area contributed by atoms with Crippen molar-refractivity contribution in [3.8, 4) is 22.4 Å². The summed E-state index contributed by atoms with van der Waals surface area (Å²) in [5, 5.41) is 0.798. The molecule has 0 atom stereocenters. The van der Waals surface area contributed by atoms with Crippen molar-refractivity contribution in [2.45, 2.75) is 0 Å². The van der Waals surface area contributed by atoms with Crippen LogP contribution < -0.4 is 4.90 Å². The van der Waals surface area contributed by atoms with Crippen molar-refractivity contribution in [1.82, 2.24) is 15.0 Å². The molecule has 4 aromatic rings. The molecule has 0 aliphatic heterocycles.